The number of hydrogen-bond donors (Lipinski definition) is 0. The monoisotopic (exact) mass is 352 g/mol. The summed E-state index contributed by atoms with van der Waals surface area (Å²) < 4.78 is 11.5. The second-order valence-corrected chi connectivity index (χ2v) is 6.91. The lowest BCUT2D eigenvalue weighted by atomic mass is 9.90. The summed E-state index contributed by atoms with van der Waals surface area (Å²) in [5.74, 6) is 1.79. The predicted octanol–water partition coefficient (Wildman–Crippen LogP) is 6.11. The highest BCUT2D eigenvalue weighted by Gasteiger charge is 2.22. The Hall–Kier alpha value is -3.26. The van der Waals surface area contributed by atoms with E-state index in [-0.39, 0.29) is 0 Å². The highest BCUT2D eigenvalue weighted by Crippen LogP contribution is 2.45. The van der Waals surface area contributed by atoms with Crippen LogP contribution in [0.4, 0.5) is 0 Å². The lowest BCUT2D eigenvalue weighted by Gasteiger charge is -2.17. The van der Waals surface area contributed by atoms with Crippen LogP contribution in [-0.4, -0.2) is 14.2 Å². The van der Waals surface area contributed by atoms with Crippen LogP contribution in [0.15, 0.2) is 66.7 Å². The van der Waals surface area contributed by atoms with Crippen LogP contribution in [0.1, 0.15) is 16.7 Å². The molecule has 0 N–H and O–H groups in total. The SMILES string of the molecule is COc1cccc2cc3cccc(OC)c3c(C3=Cc4ccccc4C3)c12. The van der Waals surface area contributed by atoms with Gasteiger partial charge in [0.2, 0.25) is 0 Å². The van der Waals surface area contributed by atoms with Gasteiger partial charge in [-0.2, -0.15) is 0 Å². The van der Waals surface area contributed by atoms with Crippen LogP contribution >= 0.6 is 0 Å². The molecule has 0 radical (unpaired) electrons. The lowest BCUT2D eigenvalue weighted by Crippen LogP contribution is -1.96. The molecule has 0 fully saturated rings. The molecule has 2 heteroatoms. The normalized spacial score (nSPS) is 12.9. The van der Waals surface area contributed by atoms with Crippen LogP contribution in [0.25, 0.3) is 33.2 Å². The maximum atomic E-state index is 5.76. The minimum absolute atomic E-state index is 0.896. The van der Waals surface area contributed by atoms with Gasteiger partial charge in [0.15, 0.2) is 0 Å². The van der Waals surface area contributed by atoms with Crippen molar-refractivity contribution in [3.63, 3.8) is 0 Å². The number of methoxy groups -OCH3 is 2. The van der Waals surface area contributed by atoms with Gasteiger partial charge in [0.1, 0.15) is 11.5 Å². The van der Waals surface area contributed by atoms with Crippen LogP contribution in [-0.2, 0) is 6.42 Å². The molecule has 4 aromatic rings. The highest BCUT2D eigenvalue weighted by atomic mass is 16.5. The van der Waals surface area contributed by atoms with Crippen molar-refractivity contribution in [2.45, 2.75) is 6.42 Å². The summed E-state index contributed by atoms with van der Waals surface area (Å²) in [6, 6.07) is 23.3. The summed E-state index contributed by atoms with van der Waals surface area (Å²) >= 11 is 0. The van der Waals surface area contributed by atoms with Gasteiger partial charge < -0.3 is 9.47 Å². The molecule has 0 unspecified atom stereocenters. The molecule has 5 rings (SSSR count). The van der Waals surface area contributed by atoms with Crippen LogP contribution in [0.3, 0.4) is 0 Å². The third-order valence-electron chi connectivity index (χ3n) is 5.45. The van der Waals surface area contributed by atoms with Crippen LogP contribution in [0, 0.1) is 0 Å². The Kier molecular flexibility index (Phi) is 3.64. The largest absolute Gasteiger partial charge is 0.496 e. The van der Waals surface area contributed by atoms with Gasteiger partial charge >= 0.3 is 0 Å². The van der Waals surface area contributed by atoms with E-state index in [1.807, 2.05) is 12.1 Å². The van der Waals surface area contributed by atoms with E-state index in [1.54, 1.807) is 14.2 Å². The molecule has 0 amide bonds. The first kappa shape index (κ1) is 16.0. The van der Waals surface area contributed by atoms with Crippen molar-refractivity contribution in [2.75, 3.05) is 14.2 Å². The number of rotatable bonds is 3. The van der Waals surface area contributed by atoms with E-state index in [4.69, 9.17) is 9.47 Å². The van der Waals surface area contributed by atoms with E-state index >= 15 is 0 Å². The smallest absolute Gasteiger partial charge is 0.127 e. The van der Waals surface area contributed by atoms with Gasteiger partial charge in [-0.25, -0.2) is 0 Å². The quantitative estimate of drug-likeness (QED) is 0.414. The fourth-order valence-electron chi connectivity index (χ4n) is 4.27. The Morgan fingerprint density at radius 2 is 1.33 bits per heavy atom. The van der Waals surface area contributed by atoms with Crippen LogP contribution in [0.5, 0.6) is 11.5 Å². The first-order valence-electron chi connectivity index (χ1n) is 9.15. The van der Waals surface area contributed by atoms with E-state index in [0.717, 1.165) is 28.7 Å². The number of fused-ring (bicyclic) bond motifs is 3. The molecule has 0 saturated carbocycles. The van der Waals surface area contributed by atoms with Crippen molar-refractivity contribution < 1.29 is 9.47 Å². The predicted molar refractivity (Wildman–Crippen MR) is 113 cm³/mol. The van der Waals surface area contributed by atoms with Crippen molar-refractivity contribution >= 4 is 33.2 Å². The Bertz CT molecular complexity index is 1160. The summed E-state index contributed by atoms with van der Waals surface area (Å²) in [5.41, 5.74) is 5.18. The fraction of sp³-hybridized carbons (Fsp3) is 0.120. The second kappa shape index (κ2) is 6.17. The van der Waals surface area contributed by atoms with Gasteiger partial charge in [0.25, 0.3) is 0 Å². The Morgan fingerprint density at radius 1 is 0.704 bits per heavy atom. The number of hydrogen-bond acceptors (Lipinski definition) is 2. The topological polar surface area (TPSA) is 18.5 Å². The molecular formula is C25H20O2. The average Bonchev–Trinajstić information content (AvgIpc) is 3.14. The van der Waals surface area contributed by atoms with Crippen molar-refractivity contribution in [3.8, 4) is 11.5 Å². The minimum atomic E-state index is 0.896. The lowest BCUT2D eigenvalue weighted by molar-refractivity contribution is 0.418. The Balaban J connectivity index is 1.93. The summed E-state index contributed by atoms with van der Waals surface area (Å²) in [7, 11) is 3.48. The molecular weight excluding hydrogens is 332 g/mol. The van der Waals surface area contributed by atoms with E-state index in [1.165, 1.54) is 33.0 Å². The summed E-state index contributed by atoms with van der Waals surface area (Å²) in [6.07, 6.45) is 3.23. The molecule has 0 heterocycles. The van der Waals surface area contributed by atoms with Crippen molar-refractivity contribution in [2.24, 2.45) is 0 Å². The molecule has 1 aliphatic rings. The molecule has 0 aliphatic heterocycles. The standard InChI is InChI=1S/C25H20O2/c1-26-21-11-5-9-18-15-19-10-6-12-22(27-2)24(19)25(23(18)21)20-13-16-7-3-4-8-17(16)14-20/h3-13,15H,14H2,1-2H3. The molecule has 27 heavy (non-hydrogen) atoms. The zero-order valence-electron chi connectivity index (χ0n) is 15.5. The fourth-order valence-corrected chi connectivity index (χ4v) is 4.27. The van der Waals surface area contributed by atoms with Gasteiger partial charge in [-0.15, -0.1) is 0 Å². The summed E-state index contributed by atoms with van der Waals surface area (Å²) in [4.78, 5) is 0. The third kappa shape index (κ3) is 2.41. The molecule has 0 spiro atoms. The van der Waals surface area contributed by atoms with Gasteiger partial charge in [0, 0.05) is 16.3 Å². The maximum absolute atomic E-state index is 5.76. The summed E-state index contributed by atoms with van der Waals surface area (Å²) in [5, 5.41) is 4.66. The molecule has 0 saturated heterocycles. The highest BCUT2D eigenvalue weighted by molar-refractivity contribution is 6.15. The van der Waals surface area contributed by atoms with Gasteiger partial charge in [-0.05, 0) is 52.1 Å². The molecule has 2 nitrogen and oxygen atoms in total. The van der Waals surface area contributed by atoms with Gasteiger partial charge in [-0.1, -0.05) is 54.6 Å². The zero-order chi connectivity index (χ0) is 18.4. The average molecular weight is 352 g/mol. The van der Waals surface area contributed by atoms with E-state index in [2.05, 4.69) is 60.7 Å². The summed E-state index contributed by atoms with van der Waals surface area (Å²) in [6.45, 7) is 0. The van der Waals surface area contributed by atoms with Gasteiger partial charge in [-0.3, -0.25) is 0 Å². The minimum Gasteiger partial charge on any atom is -0.496 e. The number of allylic oxidation sites excluding steroid dienone is 1. The first-order chi connectivity index (χ1) is 13.3. The van der Waals surface area contributed by atoms with Gasteiger partial charge in [0.05, 0.1) is 14.2 Å². The Morgan fingerprint density at radius 3 is 1.93 bits per heavy atom. The van der Waals surface area contributed by atoms with E-state index in [0.29, 0.717) is 0 Å². The molecule has 0 aromatic heterocycles. The van der Waals surface area contributed by atoms with Crippen molar-refractivity contribution in [1.82, 2.24) is 0 Å². The molecule has 4 aromatic carbocycles. The van der Waals surface area contributed by atoms with Crippen molar-refractivity contribution in [3.05, 3.63) is 83.4 Å². The molecule has 0 atom stereocenters. The van der Waals surface area contributed by atoms with E-state index < -0.39 is 0 Å². The maximum Gasteiger partial charge on any atom is 0.127 e. The van der Waals surface area contributed by atoms with Crippen molar-refractivity contribution in [1.29, 1.82) is 0 Å². The van der Waals surface area contributed by atoms with Crippen LogP contribution < -0.4 is 9.47 Å². The number of ether oxygens (including phenoxy) is 2. The van der Waals surface area contributed by atoms with E-state index in [9.17, 15) is 0 Å². The molecule has 1 aliphatic carbocycles. The second-order valence-electron chi connectivity index (χ2n) is 6.91. The third-order valence-corrected chi connectivity index (χ3v) is 5.45. The number of benzene rings is 4. The molecule has 132 valence electrons. The zero-order valence-corrected chi connectivity index (χ0v) is 15.5. The molecule has 0 bridgehead atoms. The Labute approximate surface area is 158 Å². The first-order valence-corrected chi connectivity index (χ1v) is 9.15. The van der Waals surface area contributed by atoms with Crippen LogP contribution in [0.2, 0.25) is 0 Å².